The van der Waals surface area contributed by atoms with Crippen molar-refractivity contribution in [2.75, 3.05) is 0 Å². The Labute approximate surface area is 133 Å². The van der Waals surface area contributed by atoms with Gasteiger partial charge in [-0.2, -0.15) is 0 Å². The van der Waals surface area contributed by atoms with E-state index in [1.165, 1.54) is 0 Å². The molecule has 2 aromatic rings. The molecule has 0 saturated carbocycles. The van der Waals surface area contributed by atoms with E-state index in [1.54, 1.807) is 17.1 Å². The molecule has 0 bridgehead atoms. The van der Waals surface area contributed by atoms with Crippen LogP contribution in [0.25, 0.3) is 0 Å². The molecule has 0 aliphatic heterocycles. The third-order valence-electron chi connectivity index (χ3n) is 3.66. The van der Waals surface area contributed by atoms with Crippen LogP contribution in [0.4, 0.5) is 0 Å². The Morgan fingerprint density at radius 1 is 1.24 bits per heavy atom. The third-order valence-corrected chi connectivity index (χ3v) is 3.86. The quantitative estimate of drug-likeness (QED) is 0.868. The molecule has 1 unspecified atom stereocenters. The zero-order valence-corrected chi connectivity index (χ0v) is 13.9. The van der Waals surface area contributed by atoms with Gasteiger partial charge in [-0.3, -0.25) is 0 Å². The van der Waals surface area contributed by atoms with Crippen LogP contribution >= 0.6 is 15.9 Å². The number of halogens is 1. The molecule has 110 valence electrons. The fraction of sp³-hybridized carbons (Fsp3) is 0.375. The maximum Gasteiger partial charge on any atom is 0.114 e. The highest BCUT2D eigenvalue weighted by Gasteiger charge is 2.42. The fourth-order valence-corrected chi connectivity index (χ4v) is 2.43. The summed E-state index contributed by atoms with van der Waals surface area (Å²) in [6.45, 7) is 6.38. The summed E-state index contributed by atoms with van der Waals surface area (Å²) >= 11 is 3.09. The van der Waals surface area contributed by atoms with Crippen LogP contribution in [0.15, 0.2) is 36.7 Å². The first-order valence-electron chi connectivity index (χ1n) is 6.65. The molecule has 5 heteroatoms. The molecule has 0 spiro atoms. The van der Waals surface area contributed by atoms with Crippen LogP contribution < -0.4 is 0 Å². The number of aromatic nitrogens is 3. The molecule has 1 heterocycles. The summed E-state index contributed by atoms with van der Waals surface area (Å²) in [6, 6.07) is 7.63. The summed E-state index contributed by atoms with van der Waals surface area (Å²) in [4.78, 5) is 2.69. The molecule has 0 aliphatic carbocycles. The van der Waals surface area contributed by atoms with E-state index in [1.807, 2.05) is 45.0 Å². The standard InChI is InChI=1S/C16H18BrN3O/c1-15(2,3)16(21,12-20-11-10-18-19-20)14-6-4-13(5-7-14)8-9-17/h4-7,10-11,21H,12H2,1-3H3. The van der Waals surface area contributed by atoms with Crippen molar-refractivity contribution in [3.8, 4) is 10.8 Å². The lowest BCUT2D eigenvalue weighted by molar-refractivity contribution is -0.0807. The summed E-state index contributed by atoms with van der Waals surface area (Å²) in [5.41, 5.74) is 0.320. The van der Waals surface area contributed by atoms with Crippen molar-refractivity contribution >= 4 is 15.9 Å². The van der Waals surface area contributed by atoms with Crippen LogP contribution in [-0.4, -0.2) is 20.1 Å². The molecule has 0 aliphatic rings. The number of rotatable bonds is 3. The van der Waals surface area contributed by atoms with E-state index in [2.05, 4.69) is 37.0 Å². The Bertz CT molecular complexity index is 648. The van der Waals surface area contributed by atoms with E-state index in [9.17, 15) is 5.11 Å². The smallest absolute Gasteiger partial charge is 0.114 e. The first-order valence-corrected chi connectivity index (χ1v) is 7.45. The van der Waals surface area contributed by atoms with Gasteiger partial charge in [-0.05, 0) is 27.9 Å². The van der Waals surface area contributed by atoms with Crippen LogP contribution in [0.2, 0.25) is 0 Å². The van der Waals surface area contributed by atoms with E-state index < -0.39 is 5.60 Å². The minimum absolute atomic E-state index is 0.347. The third kappa shape index (κ3) is 3.34. The van der Waals surface area contributed by atoms with Crippen molar-refractivity contribution in [3.05, 3.63) is 47.8 Å². The molecule has 1 N–H and O–H groups in total. The lowest BCUT2D eigenvalue weighted by Gasteiger charge is -2.40. The van der Waals surface area contributed by atoms with Crippen molar-refractivity contribution in [1.82, 2.24) is 15.0 Å². The Hall–Kier alpha value is -1.64. The number of hydrogen-bond donors (Lipinski definition) is 1. The topological polar surface area (TPSA) is 50.9 Å². The molecule has 4 nitrogen and oxygen atoms in total. The van der Waals surface area contributed by atoms with Crippen molar-refractivity contribution < 1.29 is 5.11 Å². The molecular formula is C16H18BrN3O. The molecule has 21 heavy (non-hydrogen) atoms. The number of benzene rings is 1. The Kier molecular flexibility index (Phi) is 4.50. The van der Waals surface area contributed by atoms with Crippen LogP contribution in [0.1, 0.15) is 31.9 Å². The monoisotopic (exact) mass is 347 g/mol. The number of hydrogen-bond acceptors (Lipinski definition) is 3. The van der Waals surface area contributed by atoms with Gasteiger partial charge in [0.05, 0.1) is 12.7 Å². The van der Waals surface area contributed by atoms with Crippen molar-refractivity contribution in [3.63, 3.8) is 0 Å². The first kappa shape index (κ1) is 15.7. The second kappa shape index (κ2) is 6.00. The molecule has 0 fully saturated rings. The fourth-order valence-electron chi connectivity index (χ4n) is 2.20. The van der Waals surface area contributed by atoms with Gasteiger partial charge in [0, 0.05) is 27.7 Å². The lowest BCUT2D eigenvalue weighted by atomic mass is 9.72. The first-order chi connectivity index (χ1) is 9.87. The summed E-state index contributed by atoms with van der Waals surface area (Å²) < 4.78 is 1.65. The van der Waals surface area contributed by atoms with E-state index in [0.717, 1.165) is 11.1 Å². The molecule has 0 amide bonds. The zero-order chi connectivity index (χ0) is 15.5. The van der Waals surface area contributed by atoms with Gasteiger partial charge >= 0.3 is 0 Å². The van der Waals surface area contributed by atoms with E-state index in [-0.39, 0.29) is 5.41 Å². The minimum atomic E-state index is -1.05. The molecule has 1 aromatic heterocycles. The molecule has 0 saturated heterocycles. The van der Waals surface area contributed by atoms with Crippen molar-refractivity contribution in [1.29, 1.82) is 0 Å². The van der Waals surface area contributed by atoms with Gasteiger partial charge in [0.1, 0.15) is 5.60 Å². The van der Waals surface area contributed by atoms with Crippen molar-refractivity contribution in [2.24, 2.45) is 5.41 Å². The van der Waals surface area contributed by atoms with Gasteiger partial charge in [-0.25, -0.2) is 4.68 Å². The highest BCUT2D eigenvalue weighted by atomic mass is 79.9. The van der Waals surface area contributed by atoms with Gasteiger partial charge in [-0.15, -0.1) is 5.10 Å². The van der Waals surface area contributed by atoms with Crippen molar-refractivity contribution in [2.45, 2.75) is 32.9 Å². The Morgan fingerprint density at radius 3 is 2.38 bits per heavy atom. The SMILES string of the molecule is CC(C)(C)C(O)(Cn1ccnn1)c1ccc(C#CBr)cc1. The summed E-state index contributed by atoms with van der Waals surface area (Å²) in [5.74, 6) is 2.93. The van der Waals surface area contributed by atoms with Crippen LogP contribution in [0, 0.1) is 16.2 Å². The largest absolute Gasteiger partial charge is 0.383 e. The summed E-state index contributed by atoms with van der Waals surface area (Å²) in [6.07, 6.45) is 3.36. The van der Waals surface area contributed by atoms with E-state index in [0.29, 0.717) is 6.54 Å². The van der Waals surface area contributed by atoms with E-state index in [4.69, 9.17) is 0 Å². The Morgan fingerprint density at radius 2 is 1.90 bits per heavy atom. The van der Waals surface area contributed by atoms with Gasteiger partial charge in [0.15, 0.2) is 0 Å². The number of aliphatic hydroxyl groups is 1. The minimum Gasteiger partial charge on any atom is -0.383 e. The maximum atomic E-state index is 11.3. The number of nitrogens with zero attached hydrogens (tertiary/aromatic N) is 3. The van der Waals surface area contributed by atoms with Crippen LogP contribution in [0.3, 0.4) is 0 Å². The summed E-state index contributed by atoms with van der Waals surface area (Å²) in [5, 5.41) is 19.0. The van der Waals surface area contributed by atoms with Gasteiger partial charge < -0.3 is 5.11 Å². The van der Waals surface area contributed by atoms with E-state index >= 15 is 0 Å². The van der Waals surface area contributed by atoms with Gasteiger partial charge in [0.25, 0.3) is 0 Å². The molecule has 0 radical (unpaired) electrons. The predicted octanol–water partition coefficient (Wildman–Crippen LogP) is 2.92. The normalized spacial score (nSPS) is 14.1. The zero-order valence-electron chi connectivity index (χ0n) is 12.3. The lowest BCUT2D eigenvalue weighted by Crippen LogP contribution is -2.44. The van der Waals surface area contributed by atoms with Gasteiger partial charge in [-0.1, -0.05) is 44.0 Å². The van der Waals surface area contributed by atoms with Crippen LogP contribution in [0.5, 0.6) is 0 Å². The molecule has 2 rings (SSSR count). The van der Waals surface area contributed by atoms with Gasteiger partial charge in [0.2, 0.25) is 0 Å². The Balaban J connectivity index is 2.41. The predicted molar refractivity (Wildman–Crippen MR) is 85.6 cm³/mol. The van der Waals surface area contributed by atoms with Crippen LogP contribution in [-0.2, 0) is 12.1 Å². The second-order valence-corrected chi connectivity index (χ2v) is 6.40. The molecular weight excluding hydrogens is 330 g/mol. The second-order valence-electron chi connectivity index (χ2n) is 6.01. The molecule has 1 atom stereocenters. The highest BCUT2D eigenvalue weighted by Crippen LogP contribution is 2.40. The summed E-state index contributed by atoms with van der Waals surface area (Å²) in [7, 11) is 0. The molecule has 1 aromatic carbocycles. The average Bonchev–Trinajstić information content (AvgIpc) is 2.91. The highest BCUT2D eigenvalue weighted by molar-refractivity contribution is 9.12. The maximum absolute atomic E-state index is 11.3. The average molecular weight is 348 g/mol.